The van der Waals surface area contributed by atoms with E-state index in [1.807, 2.05) is 0 Å². The van der Waals surface area contributed by atoms with Crippen LogP contribution in [0.3, 0.4) is 0 Å². The zero-order valence-corrected chi connectivity index (χ0v) is 17.6. The molecule has 0 fully saturated rings. The maximum atomic E-state index is 14.0. The van der Waals surface area contributed by atoms with Crippen molar-refractivity contribution in [1.29, 1.82) is 0 Å². The van der Waals surface area contributed by atoms with Gasteiger partial charge in [-0.2, -0.15) is 4.98 Å². The number of benzene rings is 1. The molecule has 0 bridgehead atoms. The van der Waals surface area contributed by atoms with Crippen molar-refractivity contribution in [1.82, 2.24) is 14.5 Å². The van der Waals surface area contributed by atoms with E-state index in [1.165, 1.54) is 23.8 Å². The highest BCUT2D eigenvalue weighted by Gasteiger charge is 2.23. The van der Waals surface area contributed by atoms with Gasteiger partial charge in [0.1, 0.15) is 11.5 Å². The molecule has 2 aromatic heterocycles. The molecule has 1 aromatic carbocycles. The molecule has 1 unspecified atom stereocenters. The van der Waals surface area contributed by atoms with Crippen molar-refractivity contribution in [3.63, 3.8) is 0 Å². The first kappa shape index (κ1) is 22.6. The molecule has 0 aliphatic rings. The topological polar surface area (TPSA) is 110 Å². The van der Waals surface area contributed by atoms with Gasteiger partial charge < -0.3 is 20.3 Å². The highest BCUT2D eigenvalue weighted by atomic mass is 19.1. The van der Waals surface area contributed by atoms with E-state index in [2.05, 4.69) is 15.3 Å². The number of nitrogens with zero attached hydrogens (tertiary/aromatic N) is 3. The average molecular weight is 434 g/mol. The molecule has 3 rings (SSSR count). The van der Waals surface area contributed by atoms with E-state index in [0.29, 0.717) is 11.5 Å². The minimum atomic E-state index is -1.05. The molecule has 0 aliphatic heterocycles. The van der Waals surface area contributed by atoms with Crippen LogP contribution in [-0.4, -0.2) is 42.5 Å². The minimum Gasteiger partial charge on any atom is -0.448 e. The molecular formula is C21H24F2N4O4. The maximum absolute atomic E-state index is 14.0. The van der Waals surface area contributed by atoms with Crippen molar-refractivity contribution in [2.45, 2.75) is 52.0 Å². The van der Waals surface area contributed by atoms with Gasteiger partial charge in [-0.1, -0.05) is 0 Å². The quantitative estimate of drug-likeness (QED) is 0.525. The van der Waals surface area contributed by atoms with E-state index in [4.69, 9.17) is 4.74 Å². The average Bonchev–Trinajstić information content (AvgIpc) is 2.66. The molecule has 2 atom stereocenters. The molecule has 166 valence electrons. The van der Waals surface area contributed by atoms with Crippen LogP contribution in [0.2, 0.25) is 0 Å². The van der Waals surface area contributed by atoms with Crippen LogP contribution in [0.5, 0.6) is 11.5 Å². The lowest BCUT2D eigenvalue weighted by Gasteiger charge is -2.26. The molecule has 0 aliphatic carbocycles. The number of rotatable bonds is 7. The molecule has 0 spiro atoms. The van der Waals surface area contributed by atoms with E-state index < -0.39 is 34.9 Å². The Balaban J connectivity index is 2.09. The minimum absolute atomic E-state index is 0.101. The Hall–Kier alpha value is -3.11. The summed E-state index contributed by atoms with van der Waals surface area (Å²) in [4.78, 5) is 21.6. The van der Waals surface area contributed by atoms with Crippen molar-refractivity contribution in [2.24, 2.45) is 0 Å². The third kappa shape index (κ3) is 5.15. The lowest BCUT2D eigenvalue weighted by Crippen LogP contribution is -2.39. The molecule has 3 N–H and O–H groups in total. The Morgan fingerprint density at radius 1 is 1.23 bits per heavy atom. The number of aliphatic hydroxyl groups excluding tert-OH is 1. The third-order valence-electron chi connectivity index (χ3n) is 4.76. The number of pyridine rings is 1. The predicted molar refractivity (Wildman–Crippen MR) is 111 cm³/mol. The molecule has 10 heteroatoms. The second-order valence-corrected chi connectivity index (χ2v) is 7.94. The zero-order chi connectivity index (χ0) is 22.9. The second-order valence-electron chi connectivity index (χ2n) is 7.94. The summed E-state index contributed by atoms with van der Waals surface area (Å²) in [7, 11) is 0. The fourth-order valence-corrected chi connectivity index (χ4v) is 2.76. The van der Waals surface area contributed by atoms with Gasteiger partial charge in [0.05, 0.1) is 24.3 Å². The molecule has 2 heterocycles. The first-order valence-electron chi connectivity index (χ1n) is 9.66. The number of fused-ring (bicyclic) bond motifs is 1. The van der Waals surface area contributed by atoms with E-state index >= 15 is 0 Å². The van der Waals surface area contributed by atoms with Crippen LogP contribution in [0.4, 0.5) is 14.7 Å². The number of aromatic nitrogens is 3. The molecule has 3 aromatic rings. The van der Waals surface area contributed by atoms with Crippen LogP contribution in [0.25, 0.3) is 11.0 Å². The maximum Gasteiger partial charge on any atom is 0.295 e. The van der Waals surface area contributed by atoms with E-state index in [9.17, 15) is 23.8 Å². The van der Waals surface area contributed by atoms with Crippen LogP contribution in [0.1, 0.15) is 27.7 Å². The number of anilines is 1. The first-order valence-corrected chi connectivity index (χ1v) is 9.66. The van der Waals surface area contributed by atoms with Crippen LogP contribution >= 0.6 is 0 Å². The number of nitrogens with one attached hydrogen (secondary N) is 1. The van der Waals surface area contributed by atoms with E-state index in [-0.39, 0.29) is 29.6 Å². The summed E-state index contributed by atoms with van der Waals surface area (Å²) in [6, 6.07) is 3.69. The zero-order valence-electron chi connectivity index (χ0n) is 17.6. The van der Waals surface area contributed by atoms with Gasteiger partial charge in [0.25, 0.3) is 5.56 Å². The van der Waals surface area contributed by atoms with Gasteiger partial charge in [0.15, 0.2) is 17.3 Å². The molecule has 0 radical (unpaired) electrons. The van der Waals surface area contributed by atoms with Gasteiger partial charge in [-0.15, -0.1) is 0 Å². The van der Waals surface area contributed by atoms with Crippen LogP contribution < -0.4 is 15.6 Å². The second kappa shape index (κ2) is 8.56. The van der Waals surface area contributed by atoms with Crippen LogP contribution in [-0.2, 0) is 6.54 Å². The Morgan fingerprint density at radius 2 is 1.94 bits per heavy atom. The Morgan fingerprint density at radius 3 is 2.55 bits per heavy atom. The largest absolute Gasteiger partial charge is 0.448 e. The number of hydrogen-bond acceptors (Lipinski definition) is 7. The summed E-state index contributed by atoms with van der Waals surface area (Å²) in [5, 5.41) is 23.4. The molecule has 8 nitrogen and oxygen atoms in total. The standard InChI is InChI=1S/C21H24F2N4O4/c1-11(28)10-27-18-13(9-24-20(26-18)25-12(2)21(3,4)30)7-17(19(27)29)31-16-6-5-14(22)8-15(16)23/h5-9,11-12,28,30H,10H2,1-4H3,(H,24,25,26)/t11?,12-/m0/s1. The normalized spacial score (nSPS) is 13.8. The monoisotopic (exact) mass is 434 g/mol. The molecule has 0 amide bonds. The Kier molecular flexibility index (Phi) is 6.23. The highest BCUT2D eigenvalue weighted by Crippen LogP contribution is 2.25. The van der Waals surface area contributed by atoms with Crippen molar-refractivity contribution in [3.8, 4) is 11.5 Å². The summed E-state index contributed by atoms with van der Waals surface area (Å²) in [6.07, 6.45) is 0.550. The Labute approximate surface area is 177 Å². The van der Waals surface area contributed by atoms with Crippen molar-refractivity contribution in [2.75, 3.05) is 5.32 Å². The summed E-state index contributed by atoms with van der Waals surface area (Å²) in [5.74, 6) is -2.10. The lowest BCUT2D eigenvalue weighted by molar-refractivity contribution is 0.0646. The van der Waals surface area contributed by atoms with E-state index in [1.54, 1.807) is 20.8 Å². The summed E-state index contributed by atoms with van der Waals surface area (Å²) in [6.45, 7) is 6.42. The fraction of sp³-hybridized carbons (Fsp3) is 0.381. The van der Waals surface area contributed by atoms with Gasteiger partial charge >= 0.3 is 0 Å². The lowest BCUT2D eigenvalue weighted by atomic mass is 10.0. The van der Waals surface area contributed by atoms with Gasteiger partial charge in [0.2, 0.25) is 5.95 Å². The molecule has 31 heavy (non-hydrogen) atoms. The van der Waals surface area contributed by atoms with Crippen molar-refractivity contribution in [3.05, 3.63) is 52.5 Å². The SMILES string of the molecule is CC(O)Cn1c(=O)c(Oc2ccc(F)cc2F)cc2cnc(N[C@@H](C)C(C)(C)O)nc21. The molecule has 0 saturated carbocycles. The predicted octanol–water partition coefficient (Wildman–Crippen LogP) is 2.81. The number of ether oxygens (including phenoxy) is 1. The smallest absolute Gasteiger partial charge is 0.295 e. The van der Waals surface area contributed by atoms with Crippen LogP contribution in [0, 0.1) is 11.6 Å². The molecule has 0 saturated heterocycles. The highest BCUT2D eigenvalue weighted by molar-refractivity contribution is 5.77. The van der Waals surface area contributed by atoms with E-state index in [0.717, 1.165) is 12.1 Å². The number of hydrogen-bond donors (Lipinski definition) is 3. The van der Waals surface area contributed by atoms with Crippen molar-refractivity contribution >= 4 is 17.0 Å². The van der Waals surface area contributed by atoms with Gasteiger partial charge in [-0.3, -0.25) is 9.36 Å². The summed E-state index contributed by atoms with van der Waals surface area (Å²) in [5.41, 5.74) is -1.48. The third-order valence-corrected chi connectivity index (χ3v) is 4.76. The number of aliphatic hydroxyl groups is 2. The van der Waals surface area contributed by atoms with Crippen molar-refractivity contribution < 1.29 is 23.7 Å². The number of halogens is 2. The fourth-order valence-electron chi connectivity index (χ4n) is 2.76. The summed E-state index contributed by atoms with van der Waals surface area (Å²) >= 11 is 0. The molecular weight excluding hydrogens is 410 g/mol. The summed E-state index contributed by atoms with van der Waals surface area (Å²) < 4.78 is 33.7. The van der Waals surface area contributed by atoms with Gasteiger partial charge in [-0.05, 0) is 45.9 Å². The van der Waals surface area contributed by atoms with Gasteiger partial charge in [0, 0.05) is 17.6 Å². The first-order chi connectivity index (χ1) is 14.5. The van der Waals surface area contributed by atoms with Crippen LogP contribution in [0.15, 0.2) is 35.3 Å². The van der Waals surface area contributed by atoms with Gasteiger partial charge in [-0.25, -0.2) is 13.8 Å². The Bertz CT molecular complexity index is 1160.